The van der Waals surface area contributed by atoms with Crippen LogP contribution in [0.1, 0.15) is 31.4 Å². The van der Waals surface area contributed by atoms with Crippen molar-refractivity contribution in [2.24, 2.45) is 5.10 Å². The normalized spacial score (nSPS) is 21.9. The first kappa shape index (κ1) is 8.30. The van der Waals surface area contributed by atoms with Crippen molar-refractivity contribution in [2.45, 2.75) is 25.8 Å². The van der Waals surface area contributed by atoms with Crippen LogP contribution >= 0.6 is 0 Å². The first-order valence-electron chi connectivity index (χ1n) is 4.70. The van der Waals surface area contributed by atoms with E-state index in [9.17, 15) is 0 Å². The second-order valence-corrected chi connectivity index (χ2v) is 3.48. The standard InChI is InChI=1S/C11H14N2/c1-9-7-8-11(13-12-9)10-5-3-2-4-6-10/h2-6,11,13H,7-8H2,1H3. The van der Waals surface area contributed by atoms with Gasteiger partial charge in [0.1, 0.15) is 0 Å². The highest BCUT2D eigenvalue weighted by Crippen LogP contribution is 2.21. The number of nitrogens with one attached hydrogen (secondary N) is 1. The predicted octanol–water partition coefficient (Wildman–Crippen LogP) is 2.49. The van der Waals surface area contributed by atoms with Crippen molar-refractivity contribution in [3.63, 3.8) is 0 Å². The summed E-state index contributed by atoms with van der Waals surface area (Å²) in [5.74, 6) is 0. The van der Waals surface area contributed by atoms with E-state index >= 15 is 0 Å². The molecule has 13 heavy (non-hydrogen) atoms. The molecule has 1 unspecified atom stereocenters. The minimum atomic E-state index is 0.407. The molecule has 0 aromatic heterocycles. The molecule has 1 aliphatic rings. The van der Waals surface area contributed by atoms with E-state index in [2.05, 4.69) is 41.7 Å². The SMILES string of the molecule is CC1=NNC(c2ccccc2)CC1. The van der Waals surface area contributed by atoms with E-state index in [1.807, 2.05) is 6.07 Å². The van der Waals surface area contributed by atoms with Crippen LogP contribution in [-0.2, 0) is 0 Å². The summed E-state index contributed by atoms with van der Waals surface area (Å²) in [4.78, 5) is 0. The van der Waals surface area contributed by atoms with Gasteiger partial charge in [-0.1, -0.05) is 30.3 Å². The van der Waals surface area contributed by atoms with Crippen LogP contribution in [0.15, 0.2) is 35.4 Å². The van der Waals surface area contributed by atoms with Gasteiger partial charge in [0, 0.05) is 5.71 Å². The number of rotatable bonds is 1. The highest BCUT2D eigenvalue weighted by molar-refractivity contribution is 5.82. The van der Waals surface area contributed by atoms with Gasteiger partial charge in [-0.05, 0) is 25.3 Å². The van der Waals surface area contributed by atoms with Gasteiger partial charge in [-0.3, -0.25) is 0 Å². The fourth-order valence-corrected chi connectivity index (χ4v) is 1.59. The molecule has 2 rings (SSSR count). The average molecular weight is 174 g/mol. The van der Waals surface area contributed by atoms with E-state index in [1.54, 1.807) is 0 Å². The Morgan fingerprint density at radius 1 is 1.31 bits per heavy atom. The molecule has 0 bridgehead atoms. The molecule has 1 aromatic rings. The number of benzene rings is 1. The Balaban J connectivity index is 2.12. The van der Waals surface area contributed by atoms with Gasteiger partial charge in [0.25, 0.3) is 0 Å². The van der Waals surface area contributed by atoms with Crippen LogP contribution in [0.5, 0.6) is 0 Å². The van der Waals surface area contributed by atoms with Gasteiger partial charge in [0.05, 0.1) is 6.04 Å². The fraction of sp³-hybridized carbons (Fsp3) is 0.364. The fourth-order valence-electron chi connectivity index (χ4n) is 1.59. The summed E-state index contributed by atoms with van der Waals surface area (Å²) < 4.78 is 0. The molecule has 2 heteroatoms. The van der Waals surface area contributed by atoms with E-state index < -0.39 is 0 Å². The van der Waals surface area contributed by atoms with Crippen molar-refractivity contribution >= 4 is 5.71 Å². The van der Waals surface area contributed by atoms with Gasteiger partial charge >= 0.3 is 0 Å². The summed E-state index contributed by atoms with van der Waals surface area (Å²) >= 11 is 0. The Morgan fingerprint density at radius 2 is 2.08 bits per heavy atom. The molecule has 1 aromatic carbocycles. The zero-order valence-electron chi connectivity index (χ0n) is 7.83. The van der Waals surface area contributed by atoms with E-state index in [4.69, 9.17) is 0 Å². The third-order valence-corrected chi connectivity index (χ3v) is 2.41. The zero-order chi connectivity index (χ0) is 9.10. The first-order valence-corrected chi connectivity index (χ1v) is 4.70. The monoisotopic (exact) mass is 174 g/mol. The molecule has 0 fully saturated rings. The number of nitrogens with zero attached hydrogens (tertiary/aromatic N) is 1. The van der Waals surface area contributed by atoms with Crippen molar-refractivity contribution in [3.05, 3.63) is 35.9 Å². The molecule has 0 saturated heterocycles. The van der Waals surface area contributed by atoms with Crippen molar-refractivity contribution in [1.29, 1.82) is 0 Å². The second-order valence-electron chi connectivity index (χ2n) is 3.48. The lowest BCUT2D eigenvalue weighted by Gasteiger charge is -2.21. The van der Waals surface area contributed by atoms with Crippen LogP contribution in [0, 0.1) is 0 Å². The number of hydrogen-bond donors (Lipinski definition) is 1. The lowest BCUT2D eigenvalue weighted by molar-refractivity contribution is 0.503. The largest absolute Gasteiger partial charge is 0.303 e. The second kappa shape index (κ2) is 3.60. The molecule has 68 valence electrons. The third-order valence-electron chi connectivity index (χ3n) is 2.41. The maximum atomic E-state index is 4.25. The molecule has 1 atom stereocenters. The average Bonchev–Trinajstić information content (AvgIpc) is 2.20. The molecule has 0 spiro atoms. The van der Waals surface area contributed by atoms with Gasteiger partial charge < -0.3 is 5.43 Å². The Morgan fingerprint density at radius 3 is 2.69 bits per heavy atom. The van der Waals surface area contributed by atoms with Crippen LogP contribution in [0.4, 0.5) is 0 Å². The van der Waals surface area contributed by atoms with E-state index in [-0.39, 0.29) is 0 Å². The smallest absolute Gasteiger partial charge is 0.0693 e. The summed E-state index contributed by atoms with van der Waals surface area (Å²) in [5, 5.41) is 4.25. The Kier molecular flexibility index (Phi) is 2.30. The highest BCUT2D eigenvalue weighted by Gasteiger charge is 2.13. The lowest BCUT2D eigenvalue weighted by atomic mass is 10.0. The van der Waals surface area contributed by atoms with Crippen LogP contribution in [0.2, 0.25) is 0 Å². The summed E-state index contributed by atoms with van der Waals surface area (Å²) in [6.45, 7) is 2.06. The molecule has 0 amide bonds. The molecular formula is C11H14N2. The Bertz CT molecular complexity index is 303. The third kappa shape index (κ3) is 1.89. The van der Waals surface area contributed by atoms with Gasteiger partial charge in [-0.2, -0.15) is 5.10 Å². The van der Waals surface area contributed by atoms with Crippen LogP contribution in [0.25, 0.3) is 0 Å². The van der Waals surface area contributed by atoms with Gasteiger partial charge in [-0.15, -0.1) is 0 Å². The molecular weight excluding hydrogens is 160 g/mol. The molecule has 2 nitrogen and oxygen atoms in total. The quantitative estimate of drug-likeness (QED) is 0.695. The van der Waals surface area contributed by atoms with Crippen molar-refractivity contribution in [1.82, 2.24) is 5.43 Å². The minimum Gasteiger partial charge on any atom is -0.303 e. The molecule has 0 radical (unpaired) electrons. The van der Waals surface area contributed by atoms with Gasteiger partial charge in [0.15, 0.2) is 0 Å². The molecule has 1 heterocycles. The van der Waals surface area contributed by atoms with Crippen LogP contribution in [-0.4, -0.2) is 5.71 Å². The summed E-state index contributed by atoms with van der Waals surface area (Å²) in [5.41, 5.74) is 5.71. The summed E-state index contributed by atoms with van der Waals surface area (Å²) in [7, 11) is 0. The van der Waals surface area contributed by atoms with Crippen LogP contribution < -0.4 is 5.43 Å². The summed E-state index contributed by atoms with van der Waals surface area (Å²) in [6.07, 6.45) is 2.26. The Labute approximate surface area is 78.7 Å². The topological polar surface area (TPSA) is 24.4 Å². The lowest BCUT2D eigenvalue weighted by Crippen LogP contribution is -2.22. The minimum absolute atomic E-state index is 0.407. The Hall–Kier alpha value is -1.31. The number of hydrogen-bond acceptors (Lipinski definition) is 2. The van der Waals surface area contributed by atoms with E-state index in [0.29, 0.717) is 6.04 Å². The molecule has 1 aliphatic heterocycles. The van der Waals surface area contributed by atoms with E-state index in [0.717, 1.165) is 12.8 Å². The molecule has 1 N–H and O–H groups in total. The maximum absolute atomic E-state index is 4.25. The van der Waals surface area contributed by atoms with Crippen molar-refractivity contribution in [3.8, 4) is 0 Å². The van der Waals surface area contributed by atoms with Gasteiger partial charge in [-0.25, -0.2) is 0 Å². The van der Waals surface area contributed by atoms with Gasteiger partial charge in [0.2, 0.25) is 0 Å². The maximum Gasteiger partial charge on any atom is 0.0693 e. The van der Waals surface area contributed by atoms with Crippen molar-refractivity contribution in [2.75, 3.05) is 0 Å². The molecule has 0 saturated carbocycles. The number of hydrazone groups is 1. The zero-order valence-corrected chi connectivity index (χ0v) is 7.83. The summed E-state index contributed by atoms with van der Waals surface area (Å²) in [6, 6.07) is 10.9. The molecule has 0 aliphatic carbocycles. The first-order chi connectivity index (χ1) is 6.36. The van der Waals surface area contributed by atoms with Crippen molar-refractivity contribution < 1.29 is 0 Å². The predicted molar refractivity (Wildman–Crippen MR) is 54.7 cm³/mol. The van der Waals surface area contributed by atoms with E-state index in [1.165, 1.54) is 11.3 Å². The van der Waals surface area contributed by atoms with Crippen LogP contribution in [0.3, 0.4) is 0 Å². The highest BCUT2D eigenvalue weighted by atomic mass is 15.3.